The second kappa shape index (κ2) is 71.5. The Balaban J connectivity index is 5.59. The second-order valence-electron chi connectivity index (χ2n) is 26.0. The van der Waals surface area contributed by atoms with E-state index in [2.05, 4.69) is 81.6 Å². The number of unbranched alkanes of at least 4 members (excludes halogenated alkanes) is 40. The number of alkyl carbamates (subject to hydrolysis) is 1. The molecule has 2 atom stereocenters. The zero-order valence-electron chi connectivity index (χ0n) is 59.1. The van der Waals surface area contributed by atoms with Gasteiger partial charge < -0.3 is 33.9 Å². The average molecular weight is 1240 g/mol. The molecule has 0 spiro atoms. The molecule has 0 aromatic heterocycles. The van der Waals surface area contributed by atoms with Crippen LogP contribution in [0.15, 0.2) is 48.6 Å². The summed E-state index contributed by atoms with van der Waals surface area (Å²) in [4.78, 5) is 43.3. The molecule has 0 heterocycles. The number of hydrogen-bond acceptors (Lipinski definition) is 9. The Labute approximate surface area is 545 Å². The monoisotopic (exact) mass is 1240 g/mol. The Morgan fingerprint density at radius 1 is 0.375 bits per heavy atom. The van der Waals surface area contributed by atoms with E-state index in [4.69, 9.17) is 23.7 Å². The van der Waals surface area contributed by atoms with Crippen LogP contribution < -0.4 is 5.32 Å². The zero-order chi connectivity index (χ0) is 64.0. The predicted octanol–water partition coefficient (Wildman–Crippen LogP) is 23.1. The van der Waals surface area contributed by atoms with Gasteiger partial charge in [-0.2, -0.15) is 0 Å². The lowest BCUT2D eigenvalue weighted by Crippen LogP contribution is -2.45. The van der Waals surface area contributed by atoms with Crippen LogP contribution in [0, 0.1) is 0 Å². The number of amides is 1. The highest BCUT2D eigenvalue weighted by atomic mass is 16.6. The number of allylic oxidation sites excluding steroid dienone is 8. The summed E-state index contributed by atoms with van der Waals surface area (Å²) in [6.45, 7) is 11.5. The fourth-order valence-electron chi connectivity index (χ4n) is 11.2. The van der Waals surface area contributed by atoms with Crippen LogP contribution in [-0.4, -0.2) is 94.9 Å². The minimum absolute atomic E-state index is 0.0258. The first-order valence-electron chi connectivity index (χ1n) is 38.0. The lowest BCUT2D eigenvalue weighted by molar-refractivity contribution is -0.156. The van der Waals surface area contributed by atoms with Gasteiger partial charge in [-0.15, -0.1) is 0 Å². The summed E-state index contributed by atoms with van der Waals surface area (Å²) in [5.41, 5.74) is 0. The number of nitrogens with one attached hydrogen (secondary N) is 1. The molecule has 0 bridgehead atoms. The van der Waals surface area contributed by atoms with Gasteiger partial charge in [0.25, 0.3) is 0 Å². The number of nitrogens with zero attached hydrogens (tertiary/aromatic N) is 1. The van der Waals surface area contributed by atoms with Crippen molar-refractivity contribution in [3.8, 4) is 0 Å². The normalized spacial score (nSPS) is 12.7. The molecule has 0 radical (unpaired) electrons. The van der Waals surface area contributed by atoms with Gasteiger partial charge in [0.15, 0.2) is 0 Å². The van der Waals surface area contributed by atoms with Crippen molar-refractivity contribution >= 4 is 18.0 Å². The summed E-state index contributed by atoms with van der Waals surface area (Å²) in [5, 5.41) is 2.71. The molecule has 0 aromatic rings. The summed E-state index contributed by atoms with van der Waals surface area (Å²) < 4.78 is 30.2. The molecule has 10 heteroatoms. The largest absolute Gasteiger partial charge is 0.464 e. The third kappa shape index (κ3) is 66.0. The quantitative estimate of drug-likeness (QED) is 0.0275. The van der Waals surface area contributed by atoms with E-state index in [1.807, 2.05) is 19.0 Å². The first-order chi connectivity index (χ1) is 43.3. The fourth-order valence-corrected chi connectivity index (χ4v) is 11.2. The Bertz CT molecular complexity index is 1530. The van der Waals surface area contributed by atoms with Crippen molar-refractivity contribution < 1.29 is 38.1 Å². The number of esters is 2. The Morgan fingerprint density at radius 2 is 0.739 bits per heavy atom. The Kier molecular flexibility index (Phi) is 69.1. The van der Waals surface area contributed by atoms with Gasteiger partial charge in [0.05, 0.1) is 19.6 Å². The molecule has 0 aliphatic carbocycles. The van der Waals surface area contributed by atoms with Crippen LogP contribution in [0.25, 0.3) is 0 Å². The Hall–Kier alpha value is -2.95. The molecule has 88 heavy (non-hydrogen) atoms. The molecule has 1 N–H and O–H groups in total. The van der Waals surface area contributed by atoms with Gasteiger partial charge in [-0.1, -0.05) is 295 Å². The fraction of sp³-hybridized carbons (Fsp3) is 0.859. The number of rotatable bonds is 70. The molecule has 0 rings (SSSR count). The van der Waals surface area contributed by atoms with E-state index < -0.39 is 30.2 Å². The van der Waals surface area contributed by atoms with Crippen molar-refractivity contribution in [2.75, 3.05) is 53.7 Å². The summed E-state index contributed by atoms with van der Waals surface area (Å²) in [6, 6.07) is -1.24. The van der Waals surface area contributed by atoms with Gasteiger partial charge in [-0.3, -0.25) is 4.79 Å². The van der Waals surface area contributed by atoms with Crippen molar-refractivity contribution in [3.05, 3.63) is 48.6 Å². The van der Waals surface area contributed by atoms with Crippen LogP contribution >= 0.6 is 0 Å². The van der Waals surface area contributed by atoms with Gasteiger partial charge in [0.1, 0.15) is 24.9 Å². The molecule has 10 nitrogen and oxygen atoms in total. The first kappa shape index (κ1) is 85.0. The van der Waals surface area contributed by atoms with Crippen LogP contribution in [0.5, 0.6) is 0 Å². The smallest absolute Gasteiger partial charge is 0.407 e. The first-order valence-corrected chi connectivity index (χ1v) is 38.0. The van der Waals surface area contributed by atoms with Crippen LogP contribution in [0.1, 0.15) is 362 Å². The summed E-state index contributed by atoms with van der Waals surface area (Å²) in [7, 11) is 3.95. The number of carbonyl (C=O) groups excluding carboxylic acids is 3. The molecule has 1 amide bonds. The third-order valence-electron chi connectivity index (χ3n) is 16.9. The number of carbonyl (C=O) groups is 3. The molecular formula is C78H146N2O8. The second-order valence-corrected chi connectivity index (χ2v) is 26.0. The van der Waals surface area contributed by atoms with Crippen LogP contribution in [0.3, 0.4) is 0 Å². The molecule has 0 fully saturated rings. The summed E-state index contributed by atoms with van der Waals surface area (Å²) in [6.07, 6.45) is 77.9. The van der Waals surface area contributed by atoms with E-state index in [-0.39, 0.29) is 25.7 Å². The maximum Gasteiger partial charge on any atom is 0.407 e. The standard InChI is InChI=1S/C78H146N2O8/c1-7-11-15-19-23-27-31-35-37-39-41-43-47-51-55-59-64-73(65-60-56-52-48-44-42-40-38-36-32-28-24-20-16-12-8-2)88-76(81)70-75(77(82)86-69-63-66-80(5)6)79-78(83)87-72-74(85-68-62-58-54-50-46-34-30-26-22-18-14-10-4)71-84-67-61-57-53-49-45-33-29-25-21-17-13-9-3/h23-24,27-28,35-38,73-75H,7-22,25-26,29-34,39-72H2,1-6H3,(H,79,83)/b27-23+,28-24+,37-35+,38-36+. The lowest BCUT2D eigenvalue weighted by Gasteiger charge is -2.22. The highest BCUT2D eigenvalue weighted by Crippen LogP contribution is 2.20. The van der Waals surface area contributed by atoms with E-state index in [1.54, 1.807) is 0 Å². The van der Waals surface area contributed by atoms with Crippen LogP contribution in [0.2, 0.25) is 0 Å². The van der Waals surface area contributed by atoms with Crippen LogP contribution in [-0.2, 0) is 33.3 Å². The van der Waals surface area contributed by atoms with E-state index >= 15 is 0 Å². The zero-order valence-corrected chi connectivity index (χ0v) is 59.1. The topological polar surface area (TPSA) is 113 Å². The summed E-state index contributed by atoms with van der Waals surface area (Å²) >= 11 is 0. The van der Waals surface area contributed by atoms with Crippen LogP contribution in [0.4, 0.5) is 4.79 Å². The third-order valence-corrected chi connectivity index (χ3v) is 16.9. The van der Waals surface area contributed by atoms with Crippen molar-refractivity contribution in [2.45, 2.75) is 380 Å². The minimum atomic E-state index is -1.24. The van der Waals surface area contributed by atoms with E-state index in [0.717, 1.165) is 96.4 Å². The van der Waals surface area contributed by atoms with Gasteiger partial charge in [0.2, 0.25) is 0 Å². The molecule has 0 saturated carbocycles. The van der Waals surface area contributed by atoms with E-state index in [9.17, 15) is 14.4 Å². The van der Waals surface area contributed by atoms with Crippen molar-refractivity contribution in [1.82, 2.24) is 10.2 Å². The number of hydrogen-bond donors (Lipinski definition) is 1. The van der Waals surface area contributed by atoms with Gasteiger partial charge >= 0.3 is 18.0 Å². The lowest BCUT2D eigenvalue weighted by atomic mass is 10.0. The molecular weight excluding hydrogens is 1090 g/mol. The predicted molar refractivity (Wildman–Crippen MR) is 378 cm³/mol. The Morgan fingerprint density at radius 3 is 1.16 bits per heavy atom. The maximum absolute atomic E-state index is 13.9. The molecule has 516 valence electrons. The van der Waals surface area contributed by atoms with Crippen molar-refractivity contribution in [3.63, 3.8) is 0 Å². The summed E-state index contributed by atoms with van der Waals surface area (Å²) in [5.74, 6) is -1.17. The maximum atomic E-state index is 13.9. The van der Waals surface area contributed by atoms with Crippen molar-refractivity contribution in [1.29, 1.82) is 0 Å². The SMILES string of the molecule is CCCCC/C=C/C/C=C/CCCCCCCCC(CCCCCCCC/C=C/C/C=C/CCCCC)OC(=O)CC(NC(=O)OCC(COCCCCCCCCCCCCCC)OCCCCCCCCCCCCCC)C(=O)OCCCN(C)C. The van der Waals surface area contributed by atoms with E-state index in [1.165, 1.54) is 231 Å². The molecule has 0 aliphatic rings. The van der Waals surface area contributed by atoms with Gasteiger partial charge in [-0.25, -0.2) is 9.59 Å². The highest BCUT2D eigenvalue weighted by Gasteiger charge is 2.29. The van der Waals surface area contributed by atoms with Gasteiger partial charge in [-0.05, 0) is 123 Å². The highest BCUT2D eigenvalue weighted by molar-refractivity contribution is 5.86. The van der Waals surface area contributed by atoms with E-state index in [0.29, 0.717) is 26.2 Å². The molecule has 2 unspecified atom stereocenters. The minimum Gasteiger partial charge on any atom is -0.464 e. The van der Waals surface area contributed by atoms with Gasteiger partial charge in [0, 0.05) is 19.8 Å². The van der Waals surface area contributed by atoms with Crippen molar-refractivity contribution in [2.24, 2.45) is 0 Å². The molecule has 0 aliphatic heterocycles. The molecule has 0 saturated heterocycles. The average Bonchev–Trinajstić information content (AvgIpc) is 3.64. The molecule has 0 aromatic carbocycles. The number of ether oxygens (including phenoxy) is 5.